The second-order valence-corrected chi connectivity index (χ2v) is 5.33. The van der Waals surface area contributed by atoms with Crippen LogP contribution >= 0.6 is 39.1 Å². The van der Waals surface area contributed by atoms with Crippen molar-refractivity contribution in [2.75, 3.05) is 10.7 Å². The lowest BCUT2D eigenvalue weighted by Gasteiger charge is -2.12. The molecule has 2 rings (SSSR count). The van der Waals surface area contributed by atoms with E-state index < -0.39 is 0 Å². The van der Waals surface area contributed by atoms with Crippen LogP contribution in [-0.4, -0.2) is 9.97 Å². The van der Waals surface area contributed by atoms with E-state index in [9.17, 15) is 0 Å². The van der Waals surface area contributed by atoms with Gasteiger partial charge in [0.2, 0.25) is 5.95 Å². The standard InChI is InChI=1S/C11H10BrCl2N5/c1-5-4-16-11(19-15)18-10(5)17-7-3-2-6(12)8(13)9(7)14/h2-4H,15H2,1H3,(H2,16,17,18,19). The summed E-state index contributed by atoms with van der Waals surface area (Å²) >= 11 is 15.5. The van der Waals surface area contributed by atoms with Crippen molar-refractivity contribution in [2.45, 2.75) is 6.92 Å². The summed E-state index contributed by atoms with van der Waals surface area (Å²) < 4.78 is 0.730. The smallest absolute Gasteiger partial charge is 0.239 e. The predicted octanol–water partition coefficient (Wildman–Crippen LogP) is 3.88. The van der Waals surface area contributed by atoms with E-state index in [4.69, 9.17) is 29.0 Å². The summed E-state index contributed by atoms with van der Waals surface area (Å²) in [5, 5.41) is 3.95. The molecule has 0 saturated carbocycles. The van der Waals surface area contributed by atoms with Crippen LogP contribution in [0, 0.1) is 6.92 Å². The van der Waals surface area contributed by atoms with E-state index in [0.29, 0.717) is 27.5 Å². The molecule has 1 aromatic heterocycles. The van der Waals surface area contributed by atoms with Crippen LogP contribution in [-0.2, 0) is 0 Å². The minimum atomic E-state index is 0.312. The maximum Gasteiger partial charge on any atom is 0.239 e. The number of rotatable bonds is 3. The van der Waals surface area contributed by atoms with Gasteiger partial charge < -0.3 is 5.32 Å². The predicted molar refractivity (Wildman–Crippen MR) is 82.0 cm³/mol. The Bertz CT molecular complexity index is 620. The van der Waals surface area contributed by atoms with Crippen molar-refractivity contribution in [2.24, 2.45) is 5.84 Å². The van der Waals surface area contributed by atoms with Gasteiger partial charge in [-0.2, -0.15) is 4.98 Å². The summed E-state index contributed by atoms with van der Waals surface area (Å²) in [5.41, 5.74) is 3.89. The van der Waals surface area contributed by atoms with Gasteiger partial charge in [-0.15, -0.1) is 0 Å². The zero-order valence-electron chi connectivity index (χ0n) is 9.84. The lowest BCUT2D eigenvalue weighted by molar-refractivity contribution is 1.09. The van der Waals surface area contributed by atoms with Gasteiger partial charge in [0.1, 0.15) is 5.82 Å². The normalized spacial score (nSPS) is 10.4. The highest BCUT2D eigenvalue weighted by Crippen LogP contribution is 2.37. The van der Waals surface area contributed by atoms with Crippen molar-refractivity contribution in [1.29, 1.82) is 0 Å². The molecule has 0 aliphatic rings. The molecule has 0 fully saturated rings. The van der Waals surface area contributed by atoms with Crippen LogP contribution in [0.1, 0.15) is 5.56 Å². The third-order valence-electron chi connectivity index (χ3n) is 2.39. The SMILES string of the molecule is Cc1cnc(NN)nc1Nc1ccc(Br)c(Cl)c1Cl. The van der Waals surface area contributed by atoms with E-state index in [-0.39, 0.29) is 0 Å². The Hall–Kier alpha value is -1.08. The number of nitrogen functional groups attached to an aromatic ring is 1. The second-order valence-electron chi connectivity index (χ2n) is 3.72. The first-order valence-corrected chi connectivity index (χ1v) is 6.78. The molecular weight excluding hydrogens is 353 g/mol. The minimum absolute atomic E-state index is 0.312. The zero-order chi connectivity index (χ0) is 14.0. The number of aromatic nitrogens is 2. The Morgan fingerprint density at radius 3 is 2.68 bits per heavy atom. The number of halogens is 3. The van der Waals surface area contributed by atoms with Gasteiger partial charge in [0, 0.05) is 16.2 Å². The summed E-state index contributed by atoms with van der Waals surface area (Å²) in [4.78, 5) is 8.21. The summed E-state index contributed by atoms with van der Waals surface area (Å²) in [6, 6.07) is 3.60. The number of anilines is 3. The Balaban J connectivity index is 2.39. The van der Waals surface area contributed by atoms with Crippen LogP contribution in [0.2, 0.25) is 10.0 Å². The zero-order valence-corrected chi connectivity index (χ0v) is 12.9. The van der Waals surface area contributed by atoms with Crippen molar-refractivity contribution < 1.29 is 0 Å². The van der Waals surface area contributed by atoms with Gasteiger partial charge in [0.25, 0.3) is 0 Å². The molecule has 1 aromatic carbocycles. The number of nitrogens with zero attached hydrogens (tertiary/aromatic N) is 2. The highest BCUT2D eigenvalue weighted by molar-refractivity contribution is 9.10. The Kier molecular flexibility index (Phi) is 4.46. The number of aryl methyl sites for hydroxylation is 1. The molecule has 0 spiro atoms. The van der Waals surface area contributed by atoms with Crippen LogP contribution in [0.25, 0.3) is 0 Å². The van der Waals surface area contributed by atoms with Gasteiger partial charge in [-0.1, -0.05) is 23.2 Å². The van der Waals surface area contributed by atoms with E-state index in [1.165, 1.54) is 0 Å². The summed E-state index contributed by atoms with van der Waals surface area (Å²) in [7, 11) is 0. The number of benzene rings is 1. The molecule has 8 heteroatoms. The third-order valence-corrected chi connectivity index (χ3v) is 4.16. The van der Waals surface area contributed by atoms with E-state index in [1.54, 1.807) is 18.3 Å². The molecule has 0 radical (unpaired) electrons. The second kappa shape index (κ2) is 5.92. The number of hydrazine groups is 1. The molecule has 0 unspecified atom stereocenters. The van der Waals surface area contributed by atoms with Crippen molar-refractivity contribution >= 4 is 56.6 Å². The molecule has 5 nitrogen and oxygen atoms in total. The number of hydrogen-bond acceptors (Lipinski definition) is 5. The average Bonchev–Trinajstić information content (AvgIpc) is 2.41. The molecule has 0 atom stereocenters. The lowest BCUT2D eigenvalue weighted by atomic mass is 10.3. The Labute approximate surface area is 128 Å². The van der Waals surface area contributed by atoms with Gasteiger partial charge in [-0.05, 0) is 35.0 Å². The van der Waals surface area contributed by atoms with E-state index in [0.717, 1.165) is 10.0 Å². The van der Waals surface area contributed by atoms with Crippen LogP contribution in [0.3, 0.4) is 0 Å². The number of nitrogens with two attached hydrogens (primary N) is 1. The monoisotopic (exact) mass is 361 g/mol. The van der Waals surface area contributed by atoms with Crippen molar-refractivity contribution in [3.8, 4) is 0 Å². The van der Waals surface area contributed by atoms with Crippen LogP contribution in [0.4, 0.5) is 17.5 Å². The third kappa shape index (κ3) is 3.09. The number of hydrogen-bond donors (Lipinski definition) is 3. The van der Waals surface area contributed by atoms with Crippen molar-refractivity contribution in [1.82, 2.24) is 9.97 Å². The minimum Gasteiger partial charge on any atom is -0.339 e. The molecule has 0 saturated heterocycles. The quantitative estimate of drug-likeness (QED) is 0.438. The maximum absolute atomic E-state index is 6.17. The Morgan fingerprint density at radius 1 is 1.26 bits per heavy atom. The van der Waals surface area contributed by atoms with Gasteiger partial charge in [0.05, 0.1) is 15.7 Å². The number of nitrogens with one attached hydrogen (secondary N) is 2. The molecule has 1 heterocycles. The first-order valence-electron chi connectivity index (χ1n) is 5.23. The fourth-order valence-corrected chi connectivity index (χ4v) is 2.21. The molecule has 19 heavy (non-hydrogen) atoms. The van der Waals surface area contributed by atoms with Gasteiger partial charge >= 0.3 is 0 Å². The highest BCUT2D eigenvalue weighted by Gasteiger charge is 2.10. The molecule has 0 bridgehead atoms. The molecule has 100 valence electrons. The molecule has 4 N–H and O–H groups in total. The fourth-order valence-electron chi connectivity index (χ4n) is 1.39. The largest absolute Gasteiger partial charge is 0.339 e. The maximum atomic E-state index is 6.17. The summed E-state index contributed by atoms with van der Waals surface area (Å²) in [6.45, 7) is 1.87. The summed E-state index contributed by atoms with van der Waals surface area (Å²) in [6.07, 6.45) is 1.65. The van der Waals surface area contributed by atoms with Crippen LogP contribution in [0.5, 0.6) is 0 Å². The van der Waals surface area contributed by atoms with Crippen LogP contribution < -0.4 is 16.6 Å². The van der Waals surface area contributed by atoms with E-state index >= 15 is 0 Å². The first-order chi connectivity index (χ1) is 9.02. The van der Waals surface area contributed by atoms with Gasteiger partial charge in [-0.3, -0.25) is 5.43 Å². The van der Waals surface area contributed by atoms with Gasteiger partial charge in [0.15, 0.2) is 0 Å². The van der Waals surface area contributed by atoms with Crippen molar-refractivity contribution in [3.63, 3.8) is 0 Å². The average molecular weight is 363 g/mol. The first kappa shape index (κ1) is 14.3. The molecule has 0 aliphatic heterocycles. The molecule has 0 amide bonds. The Morgan fingerprint density at radius 2 is 2.00 bits per heavy atom. The van der Waals surface area contributed by atoms with E-state index in [1.807, 2.05) is 6.92 Å². The molecule has 0 aliphatic carbocycles. The highest BCUT2D eigenvalue weighted by atomic mass is 79.9. The van der Waals surface area contributed by atoms with Gasteiger partial charge in [-0.25, -0.2) is 10.8 Å². The van der Waals surface area contributed by atoms with Crippen LogP contribution in [0.15, 0.2) is 22.8 Å². The van der Waals surface area contributed by atoms with E-state index in [2.05, 4.69) is 36.6 Å². The molecular formula is C11H10BrCl2N5. The lowest BCUT2D eigenvalue weighted by Crippen LogP contribution is -2.11. The summed E-state index contributed by atoms with van der Waals surface area (Å²) in [5.74, 6) is 6.19. The van der Waals surface area contributed by atoms with Crippen molar-refractivity contribution in [3.05, 3.63) is 38.4 Å². The molecule has 2 aromatic rings. The fraction of sp³-hybridized carbons (Fsp3) is 0.0909. The topological polar surface area (TPSA) is 75.9 Å².